The molecular formula is C13H14N4O. The first-order chi connectivity index (χ1) is 8.84. The van der Waals surface area contributed by atoms with E-state index in [9.17, 15) is 5.11 Å². The van der Waals surface area contributed by atoms with E-state index in [-0.39, 0.29) is 5.75 Å². The third-order valence-electron chi connectivity index (χ3n) is 3.04. The van der Waals surface area contributed by atoms with Crippen LogP contribution in [0.15, 0.2) is 30.6 Å². The zero-order valence-electron chi connectivity index (χ0n) is 9.85. The van der Waals surface area contributed by atoms with Crippen LogP contribution in [-0.2, 0) is 13.0 Å². The summed E-state index contributed by atoms with van der Waals surface area (Å²) in [6.45, 7) is 1.70. The van der Waals surface area contributed by atoms with E-state index in [2.05, 4.69) is 20.6 Å². The van der Waals surface area contributed by atoms with E-state index in [4.69, 9.17) is 0 Å². The molecule has 0 amide bonds. The SMILES string of the molecule is Oc1ccccc1Nc1ncnc2c1CCNC2. The average molecular weight is 242 g/mol. The van der Waals surface area contributed by atoms with Crippen LogP contribution in [-0.4, -0.2) is 21.6 Å². The molecule has 0 saturated carbocycles. The molecule has 92 valence electrons. The lowest BCUT2D eigenvalue weighted by Gasteiger charge is -2.19. The zero-order valence-corrected chi connectivity index (χ0v) is 9.85. The Hall–Kier alpha value is -2.14. The van der Waals surface area contributed by atoms with Crippen LogP contribution in [0, 0.1) is 0 Å². The van der Waals surface area contributed by atoms with Crippen molar-refractivity contribution >= 4 is 11.5 Å². The highest BCUT2D eigenvalue weighted by Gasteiger charge is 2.15. The first-order valence-electron chi connectivity index (χ1n) is 5.93. The van der Waals surface area contributed by atoms with Crippen molar-refractivity contribution in [3.63, 3.8) is 0 Å². The largest absolute Gasteiger partial charge is 0.506 e. The molecule has 1 aliphatic rings. The summed E-state index contributed by atoms with van der Waals surface area (Å²) in [6, 6.07) is 7.14. The molecule has 0 bridgehead atoms. The van der Waals surface area contributed by atoms with Gasteiger partial charge < -0.3 is 15.7 Å². The molecule has 18 heavy (non-hydrogen) atoms. The van der Waals surface area contributed by atoms with Crippen LogP contribution in [0.4, 0.5) is 11.5 Å². The van der Waals surface area contributed by atoms with Crippen molar-refractivity contribution < 1.29 is 5.11 Å². The van der Waals surface area contributed by atoms with Gasteiger partial charge in [0.05, 0.1) is 11.4 Å². The highest BCUT2D eigenvalue weighted by molar-refractivity contribution is 5.65. The fourth-order valence-electron chi connectivity index (χ4n) is 2.10. The van der Waals surface area contributed by atoms with Crippen molar-refractivity contribution in [2.45, 2.75) is 13.0 Å². The summed E-state index contributed by atoms with van der Waals surface area (Å²) in [5, 5.41) is 16.2. The summed E-state index contributed by atoms with van der Waals surface area (Å²) in [5.41, 5.74) is 2.81. The minimum absolute atomic E-state index is 0.221. The summed E-state index contributed by atoms with van der Waals surface area (Å²) in [5.74, 6) is 1.00. The van der Waals surface area contributed by atoms with Gasteiger partial charge in [-0.25, -0.2) is 9.97 Å². The van der Waals surface area contributed by atoms with Crippen molar-refractivity contribution in [1.82, 2.24) is 15.3 Å². The van der Waals surface area contributed by atoms with Gasteiger partial charge in [0.15, 0.2) is 0 Å². The maximum atomic E-state index is 9.76. The highest BCUT2D eigenvalue weighted by atomic mass is 16.3. The van der Waals surface area contributed by atoms with Gasteiger partial charge in [0, 0.05) is 12.1 Å². The number of phenolic OH excluding ortho intramolecular Hbond substituents is 1. The molecule has 0 radical (unpaired) electrons. The quantitative estimate of drug-likeness (QED) is 0.697. The summed E-state index contributed by atoms with van der Waals surface area (Å²) in [6.07, 6.45) is 2.44. The molecule has 0 spiro atoms. The zero-order chi connectivity index (χ0) is 12.4. The number of phenols is 1. The molecule has 5 heteroatoms. The number of nitrogens with zero attached hydrogens (tertiary/aromatic N) is 2. The third-order valence-corrected chi connectivity index (χ3v) is 3.04. The number of rotatable bonds is 2. The molecule has 1 aliphatic heterocycles. The Bertz CT molecular complexity index is 571. The van der Waals surface area contributed by atoms with Gasteiger partial charge in [-0.2, -0.15) is 0 Å². The number of para-hydroxylation sites is 2. The Morgan fingerprint density at radius 2 is 2.11 bits per heavy atom. The fraction of sp³-hybridized carbons (Fsp3) is 0.231. The van der Waals surface area contributed by atoms with Gasteiger partial charge >= 0.3 is 0 Å². The predicted octanol–water partition coefficient (Wildman–Crippen LogP) is 1.57. The minimum atomic E-state index is 0.221. The second-order valence-electron chi connectivity index (χ2n) is 4.22. The smallest absolute Gasteiger partial charge is 0.139 e. The molecule has 0 unspecified atom stereocenters. The standard InChI is InChI=1S/C13H14N4O/c18-12-4-2-1-3-10(12)17-13-9-5-6-14-7-11(9)15-8-16-13/h1-4,8,14,18H,5-7H2,(H,15,16,17). The van der Waals surface area contributed by atoms with Gasteiger partial charge in [-0.15, -0.1) is 0 Å². The Morgan fingerprint density at radius 1 is 1.22 bits per heavy atom. The Kier molecular flexibility index (Phi) is 2.82. The number of hydrogen-bond acceptors (Lipinski definition) is 5. The molecule has 5 nitrogen and oxygen atoms in total. The van der Waals surface area contributed by atoms with Crippen LogP contribution in [0.25, 0.3) is 0 Å². The van der Waals surface area contributed by atoms with Crippen molar-refractivity contribution in [2.75, 3.05) is 11.9 Å². The molecule has 0 fully saturated rings. The highest BCUT2D eigenvalue weighted by Crippen LogP contribution is 2.28. The normalized spacial score (nSPS) is 14.0. The molecular weight excluding hydrogens is 228 g/mol. The molecule has 3 N–H and O–H groups in total. The first-order valence-corrected chi connectivity index (χ1v) is 5.93. The first kappa shape index (κ1) is 11.0. The summed E-state index contributed by atoms with van der Waals surface area (Å²) in [7, 11) is 0. The van der Waals surface area contributed by atoms with Crippen LogP contribution >= 0.6 is 0 Å². The summed E-state index contributed by atoms with van der Waals surface area (Å²) < 4.78 is 0. The van der Waals surface area contributed by atoms with Crippen LogP contribution in [0.2, 0.25) is 0 Å². The van der Waals surface area contributed by atoms with Gasteiger partial charge in [0.25, 0.3) is 0 Å². The number of aromatic hydroxyl groups is 1. The molecule has 1 aromatic heterocycles. The van der Waals surface area contributed by atoms with Gasteiger partial charge in [-0.05, 0) is 25.1 Å². The lowest BCUT2D eigenvalue weighted by molar-refractivity contribution is 0.477. The van der Waals surface area contributed by atoms with Crippen molar-refractivity contribution in [1.29, 1.82) is 0 Å². The monoisotopic (exact) mass is 242 g/mol. The Balaban J connectivity index is 1.96. The van der Waals surface area contributed by atoms with E-state index in [0.29, 0.717) is 5.69 Å². The third kappa shape index (κ3) is 2.00. The van der Waals surface area contributed by atoms with E-state index in [1.165, 1.54) is 0 Å². The molecule has 2 aromatic rings. The number of anilines is 2. The van der Waals surface area contributed by atoms with E-state index in [1.54, 1.807) is 18.5 Å². The topological polar surface area (TPSA) is 70.1 Å². The van der Waals surface area contributed by atoms with Crippen LogP contribution in [0.1, 0.15) is 11.3 Å². The van der Waals surface area contributed by atoms with Gasteiger partial charge in [0.2, 0.25) is 0 Å². The fourth-order valence-corrected chi connectivity index (χ4v) is 2.10. The molecule has 3 rings (SSSR count). The van der Waals surface area contributed by atoms with E-state index in [0.717, 1.165) is 36.6 Å². The van der Waals surface area contributed by atoms with Gasteiger partial charge in [-0.3, -0.25) is 0 Å². The molecule has 2 heterocycles. The number of nitrogens with one attached hydrogen (secondary N) is 2. The second kappa shape index (κ2) is 4.62. The van der Waals surface area contributed by atoms with E-state index >= 15 is 0 Å². The number of hydrogen-bond donors (Lipinski definition) is 3. The maximum Gasteiger partial charge on any atom is 0.139 e. The van der Waals surface area contributed by atoms with Gasteiger partial charge in [-0.1, -0.05) is 12.1 Å². The summed E-state index contributed by atoms with van der Waals surface area (Å²) >= 11 is 0. The molecule has 1 aromatic carbocycles. The van der Waals surface area contributed by atoms with Crippen LogP contribution in [0.3, 0.4) is 0 Å². The molecule has 0 aliphatic carbocycles. The van der Waals surface area contributed by atoms with Crippen molar-refractivity contribution in [2.24, 2.45) is 0 Å². The van der Waals surface area contributed by atoms with E-state index in [1.807, 2.05) is 12.1 Å². The number of aromatic nitrogens is 2. The Labute approximate surface area is 105 Å². The molecule has 0 atom stereocenters. The average Bonchev–Trinajstić information content (AvgIpc) is 2.42. The maximum absolute atomic E-state index is 9.76. The molecule has 0 saturated heterocycles. The predicted molar refractivity (Wildman–Crippen MR) is 68.8 cm³/mol. The number of fused-ring (bicyclic) bond motifs is 1. The lowest BCUT2D eigenvalue weighted by Crippen LogP contribution is -2.25. The van der Waals surface area contributed by atoms with Crippen LogP contribution in [0.5, 0.6) is 5.75 Å². The van der Waals surface area contributed by atoms with Gasteiger partial charge in [0.1, 0.15) is 17.9 Å². The Morgan fingerprint density at radius 3 is 3.00 bits per heavy atom. The second-order valence-corrected chi connectivity index (χ2v) is 4.22. The lowest BCUT2D eigenvalue weighted by atomic mass is 10.1. The van der Waals surface area contributed by atoms with Crippen molar-refractivity contribution in [3.8, 4) is 5.75 Å². The van der Waals surface area contributed by atoms with Crippen LogP contribution < -0.4 is 10.6 Å². The van der Waals surface area contributed by atoms with E-state index < -0.39 is 0 Å². The minimum Gasteiger partial charge on any atom is -0.506 e. The summed E-state index contributed by atoms with van der Waals surface area (Å²) in [4.78, 5) is 8.54. The number of benzene rings is 1. The van der Waals surface area contributed by atoms with Crippen molar-refractivity contribution in [3.05, 3.63) is 41.9 Å².